The molecule has 0 saturated heterocycles. The monoisotopic (exact) mass is 203 g/mol. The van der Waals surface area contributed by atoms with Crippen LogP contribution in [0.15, 0.2) is 0 Å². The molecule has 1 fully saturated rings. The van der Waals surface area contributed by atoms with Gasteiger partial charge in [-0.2, -0.15) is 0 Å². The van der Waals surface area contributed by atoms with Gasteiger partial charge < -0.3 is 5.32 Å². The molecule has 3 heteroatoms. The smallest absolute Gasteiger partial charge is 0.220 e. The molecule has 0 aromatic heterocycles. The summed E-state index contributed by atoms with van der Waals surface area (Å²) in [6.45, 7) is 3.10. The molecule has 0 radical (unpaired) electrons. The number of carbonyl (C=O) groups excluding carboxylic acids is 1. The molecule has 2 atom stereocenters. The Bertz CT molecular complexity index is 172. The van der Waals surface area contributed by atoms with Crippen LogP contribution in [0.2, 0.25) is 0 Å². The van der Waals surface area contributed by atoms with Crippen LogP contribution in [-0.4, -0.2) is 18.3 Å². The number of hydrogen-bond acceptors (Lipinski definition) is 1. The van der Waals surface area contributed by atoms with Crippen LogP contribution in [0.5, 0.6) is 0 Å². The summed E-state index contributed by atoms with van der Waals surface area (Å²) in [4.78, 5) is 11.2. The summed E-state index contributed by atoms with van der Waals surface area (Å²) < 4.78 is 0. The molecule has 0 aliphatic heterocycles. The molecule has 2 unspecified atom stereocenters. The molecule has 1 aliphatic carbocycles. The lowest BCUT2D eigenvalue weighted by Gasteiger charge is -2.02. The van der Waals surface area contributed by atoms with E-state index in [-0.39, 0.29) is 5.91 Å². The molecular formula is C10H18ClNO. The van der Waals surface area contributed by atoms with Crippen molar-refractivity contribution in [1.29, 1.82) is 0 Å². The van der Waals surface area contributed by atoms with E-state index in [4.69, 9.17) is 11.6 Å². The third kappa shape index (κ3) is 4.51. The number of rotatable bonds is 6. The van der Waals surface area contributed by atoms with Crippen LogP contribution >= 0.6 is 11.6 Å². The van der Waals surface area contributed by atoms with Crippen molar-refractivity contribution >= 4 is 17.5 Å². The maximum Gasteiger partial charge on any atom is 0.220 e. The highest BCUT2D eigenvalue weighted by Crippen LogP contribution is 2.36. The van der Waals surface area contributed by atoms with Gasteiger partial charge in [0, 0.05) is 18.8 Å². The van der Waals surface area contributed by atoms with Crippen LogP contribution in [0.25, 0.3) is 0 Å². The van der Waals surface area contributed by atoms with E-state index in [0.717, 1.165) is 31.2 Å². The lowest BCUT2D eigenvalue weighted by atomic mass is 10.2. The van der Waals surface area contributed by atoms with E-state index >= 15 is 0 Å². The summed E-state index contributed by atoms with van der Waals surface area (Å²) in [6, 6.07) is 0. The maximum absolute atomic E-state index is 11.2. The molecule has 1 rings (SSSR count). The first-order valence-electron chi connectivity index (χ1n) is 5.06. The minimum Gasteiger partial charge on any atom is -0.356 e. The van der Waals surface area contributed by atoms with Gasteiger partial charge in [-0.1, -0.05) is 6.92 Å². The third-order valence-corrected chi connectivity index (χ3v) is 2.89. The first-order chi connectivity index (χ1) is 6.24. The van der Waals surface area contributed by atoms with Crippen LogP contribution in [0, 0.1) is 11.8 Å². The van der Waals surface area contributed by atoms with Gasteiger partial charge in [-0.05, 0) is 31.1 Å². The molecule has 1 amide bonds. The highest BCUT2D eigenvalue weighted by Gasteiger charge is 2.32. The van der Waals surface area contributed by atoms with Crippen molar-refractivity contribution in [3.05, 3.63) is 0 Å². The average molecular weight is 204 g/mol. The minimum absolute atomic E-state index is 0.184. The first kappa shape index (κ1) is 10.8. The van der Waals surface area contributed by atoms with Gasteiger partial charge in [0.15, 0.2) is 0 Å². The molecule has 1 saturated carbocycles. The molecule has 1 aliphatic rings. The molecule has 13 heavy (non-hydrogen) atoms. The molecule has 76 valence electrons. The fourth-order valence-corrected chi connectivity index (χ4v) is 1.59. The van der Waals surface area contributed by atoms with E-state index in [2.05, 4.69) is 12.2 Å². The zero-order chi connectivity index (χ0) is 9.68. The van der Waals surface area contributed by atoms with E-state index in [1.165, 1.54) is 6.42 Å². The molecular weight excluding hydrogens is 186 g/mol. The van der Waals surface area contributed by atoms with Gasteiger partial charge in [-0.25, -0.2) is 0 Å². The SMILES string of the molecule is CC1CC1CNC(=O)CCCCCl. The van der Waals surface area contributed by atoms with Gasteiger partial charge in [0.05, 0.1) is 0 Å². The van der Waals surface area contributed by atoms with Gasteiger partial charge in [-0.15, -0.1) is 11.6 Å². The first-order valence-corrected chi connectivity index (χ1v) is 5.60. The average Bonchev–Trinajstić information content (AvgIpc) is 2.79. The quantitative estimate of drug-likeness (QED) is 0.520. The predicted octanol–water partition coefficient (Wildman–Crippen LogP) is 2.17. The van der Waals surface area contributed by atoms with Crippen molar-refractivity contribution < 1.29 is 4.79 Å². The summed E-state index contributed by atoms with van der Waals surface area (Å²) >= 11 is 5.51. The molecule has 2 nitrogen and oxygen atoms in total. The van der Waals surface area contributed by atoms with E-state index < -0.39 is 0 Å². The summed E-state index contributed by atoms with van der Waals surface area (Å²) in [5.74, 6) is 2.41. The highest BCUT2D eigenvalue weighted by molar-refractivity contribution is 6.17. The van der Waals surface area contributed by atoms with Crippen molar-refractivity contribution in [2.24, 2.45) is 11.8 Å². The Kier molecular flexibility index (Phi) is 4.57. The Morgan fingerprint density at radius 1 is 1.54 bits per heavy atom. The number of amides is 1. The summed E-state index contributed by atoms with van der Waals surface area (Å²) in [5, 5.41) is 2.95. The van der Waals surface area contributed by atoms with Gasteiger partial charge in [-0.3, -0.25) is 4.79 Å². The molecule has 0 spiro atoms. The van der Waals surface area contributed by atoms with Crippen molar-refractivity contribution in [3.63, 3.8) is 0 Å². The molecule has 0 aromatic rings. The number of halogens is 1. The fourth-order valence-electron chi connectivity index (χ4n) is 1.40. The molecule has 0 bridgehead atoms. The van der Waals surface area contributed by atoms with Crippen LogP contribution in [-0.2, 0) is 4.79 Å². The Balaban J connectivity index is 1.92. The van der Waals surface area contributed by atoms with Crippen LogP contribution in [0.3, 0.4) is 0 Å². The van der Waals surface area contributed by atoms with Crippen LogP contribution in [0.1, 0.15) is 32.6 Å². The van der Waals surface area contributed by atoms with Gasteiger partial charge in [0.2, 0.25) is 5.91 Å². The predicted molar refractivity (Wildman–Crippen MR) is 54.9 cm³/mol. The van der Waals surface area contributed by atoms with Crippen molar-refractivity contribution in [3.8, 4) is 0 Å². The number of unbranched alkanes of at least 4 members (excludes halogenated alkanes) is 1. The second-order valence-corrected chi connectivity index (χ2v) is 4.30. The second-order valence-electron chi connectivity index (χ2n) is 3.92. The minimum atomic E-state index is 0.184. The Hall–Kier alpha value is -0.240. The molecule has 0 heterocycles. The van der Waals surface area contributed by atoms with Gasteiger partial charge in [0.25, 0.3) is 0 Å². The van der Waals surface area contributed by atoms with Crippen molar-refractivity contribution in [2.45, 2.75) is 32.6 Å². The lowest BCUT2D eigenvalue weighted by Crippen LogP contribution is -2.25. The summed E-state index contributed by atoms with van der Waals surface area (Å²) in [7, 11) is 0. The Morgan fingerprint density at radius 2 is 2.23 bits per heavy atom. The number of carbonyl (C=O) groups is 1. The number of hydrogen-bond donors (Lipinski definition) is 1. The topological polar surface area (TPSA) is 29.1 Å². The Labute approximate surface area is 85.0 Å². The third-order valence-electron chi connectivity index (χ3n) is 2.63. The van der Waals surface area contributed by atoms with E-state index in [0.29, 0.717) is 12.3 Å². The standard InChI is InChI=1S/C10H18ClNO/c1-8-6-9(8)7-12-10(13)4-2-3-5-11/h8-9H,2-7H2,1H3,(H,12,13). The Morgan fingerprint density at radius 3 is 2.77 bits per heavy atom. The van der Waals surface area contributed by atoms with Crippen LogP contribution < -0.4 is 5.32 Å². The lowest BCUT2D eigenvalue weighted by molar-refractivity contribution is -0.121. The fraction of sp³-hybridized carbons (Fsp3) is 0.900. The number of alkyl halides is 1. The van der Waals surface area contributed by atoms with Gasteiger partial charge in [0.1, 0.15) is 0 Å². The highest BCUT2D eigenvalue weighted by atomic mass is 35.5. The zero-order valence-corrected chi connectivity index (χ0v) is 8.94. The largest absolute Gasteiger partial charge is 0.356 e. The number of nitrogens with one attached hydrogen (secondary N) is 1. The van der Waals surface area contributed by atoms with Crippen molar-refractivity contribution in [1.82, 2.24) is 5.32 Å². The zero-order valence-electron chi connectivity index (χ0n) is 8.18. The summed E-state index contributed by atoms with van der Waals surface area (Å²) in [5.41, 5.74) is 0. The summed E-state index contributed by atoms with van der Waals surface area (Å²) in [6.07, 6.45) is 3.76. The van der Waals surface area contributed by atoms with Crippen LogP contribution in [0.4, 0.5) is 0 Å². The maximum atomic E-state index is 11.2. The van der Waals surface area contributed by atoms with Crippen molar-refractivity contribution in [2.75, 3.05) is 12.4 Å². The second kappa shape index (κ2) is 5.48. The molecule has 0 aromatic carbocycles. The molecule has 1 N–H and O–H groups in total. The van der Waals surface area contributed by atoms with E-state index in [1.807, 2.05) is 0 Å². The normalized spacial score (nSPS) is 25.7. The van der Waals surface area contributed by atoms with Gasteiger partial charge >= 0.3 is 0 Å². The van der Waals surface area contributed by atoms with E-state index in [9.17, 15) is 4.79 Å². The van der Waals surface area contributed by atoms with E-state index in [1.54, 1.807) is 0 Å².